The van der Waals surface area contributed by atoms with E-state index in [0.29, 0.717) is 13.2 Å². The lowest BCUT2D eigenvalue weighted by Crippen LogP contribution is -2.14. The minimum absolute atomic E-state index is 0.0366. The van der Waals surface area contributed by atoms with Crippen molar-refractivity contribution in [3.8, 4) is 0 Å². The van der Waals surface area contributed by atoms with Gasteiger partial charge in [0.2, 0.25) is 0 Å². The molecule has 1 saturated heterocycles. The fraction of sp³-hybridized carbons (Fsp3) is 0.357. The van der Waals surface area contributed by atoms with Gasteiger partial charge in [-0.1, -0.05) is 11.6 Å². The van der Waals surface area contributed by atoms with Crippen molar-refractivity contribution >= 4 is 16.7 Å². The number of aryl methyl sites for hydroxylation is 1. The van der Waals surface area contributed by atoms with Gasteiger partial charge in [-0.3, -0.25) is 4.79 Å². The van der Waals surface area contributed by atoms with Gasteiger partial charge in [0.25, 0.3) is 0 Å². The van der Waals surface area contributed by atoms with E-state index in [4.69, 9.17) is 4.74 Å². The number of nitrogens with one attached hydrogen (secondary N) is 1. The standard InChI is InChI=1S/C14H15NO2/c1-9-2-3-13-11(6-9)12(7-15-13)14(16)10-4-5-17-8-10/h2-3,6-7,10,15H,4-5,8H2,1H3. The van der Waals surface area contributed by atoms with Gasteiger partial charge < -0.3 is 9.72 Å². The van der Waals surface area contributed by atoms with E-state index in [0.717, 1.165) is 22.9 Å². The molecule has 1 unspecified atom stereocenters. The van der Waals surface area contributed by atoms with E-state index in [2.05, 4.69) is 11.1 Å². The Kier molecular flexibility index (Phi) is 2.48. The second-order valence-corrected chi connectivity index (χ2v) is 4.68. The molecule has 2 heterocycles. The third-order valence-electron chi connectivity index (χ3n) is 3.40. The lowest BCUT2D eigenvalue weighted by molar-refractivity contribution is 0.0902. The Bertz CT molecular complexity index is 565. The Morgan fingerprint density at radius 1 is 1.47 bits per heavy atom. The Labute approximate surface area is 99.8 Å². The number of H-pyrrole nitrogens is 1. The molecule has 1 aromatic heterocycles. The molecule has 88 valence electrons. The van der Waals surface area contributed by atoms with E-state index in [1.165, 1.54) is 5.56 Å². The molecule has 1 fully saturated rings. The fourth-order valence-electron chi connectivity index (χ4n) is 2.40. The maximum absolute atomic E-state index is 12.3. The van der Waals surface area contributed by atoms with Crippen LogP contribution in [-0.4, -0.2) is 24.0 Å². The maximum Gasteiger partial charge on any atom is 0.170 e. The number of fused-ring (bicyclic) bond motifs is 1. The van der Waals surface area contributed by atoms with Crippen molar-refractivity contribution in [1.29, 1.82) is 0 Å². The minimum Gasteiger partial charge on any atom is -0.381 e. The Hall–Kier alpha value is -1.61. The summed E-state index contributed by atoms with van der Waals surface area (Å²) in [5.74, 6) is 0.244. The molecule has 1 atom stereocenters. The van der Waals surface area contributed by atoms with Crippen LogP contribution < -0.4 is 0 Å². The number of aromatic nitrogens is 1. The van der Waals surface area contributed by atoms with Crippen LogP contribution in [0.5, 0.6) is 0 Å². The number of carbonyl (C=O) groups excluding carboxylic acids is 1. The molecular formula is C14H15NO2. The largest absolute Gasteiger partial charge is 0.381 e. The molecule has 0 bridgehead atoms. The van der Waals surface area contributed by atoms with Crippen LogP contribution in [0.2, 0.25) is 0 Å². The van der Waals surface area contributed by atoms with E-state index in [1.54, 1.807) is 0 Å². The summed E-state index contributed by atoms with van der Waals surface area (Å²) in [6.45, 7) is 3.31. The number of ether oxygens (including phenoxy) is 1. The SMILES string of the molecule is Cc1ccc2[nH]cc(C(=O)C3CCOC3)c2c1. The van der Waals surface area contributed by atoms with Crippen molar-refractivity contribution in [2.75, 3.05) is 13.2 Å². The monoisotopic (exact) mass is 229 g/mol. The zero-order valence-corrected chi connectivity index (χ0v) is 9.82. The van der Waals surface area contributed by atoms with E-state index in [-0.39, 0.29) is 11.7 Å². The average Bonchev–Trinajstić information content (AvgIpc) is 2.97. The summed E-state index contributed by atoms with van der Waals surface area (Å²) in [7, 11) is 0. The van der Waals surface area contributed by atoms with Gasteiger partial charge in [-0.05, 0) is 25.5 Å². The highest BCUT2D eigenvalue weighted by Crippen LogP contribution is 2.25. The maximum atomic E-state index is 12.3. The van der Waals surface area contributed by atoms with Crippen LogP contribution in [0, 0.1) is 12.8 Å². The molecule has 3 nitrogen and oxygen atoms in total. The highest BCUT2D eigenvalue weighted by atomic mass is 16.5. The molecule has 0 amide bonds. The highest BCUT2D eigenvalue weighted by Gasteiger charge is 2.26. The molecule has 0 spiro atoms. The van der Waals surface area contributed by atoms with Crippen molar-refractivity contribution in [3.05, 3.63) is 35.5 Å². The lowest BCUT2D eigenvalue weighted by Gasteiger charge is -2.05. The molecule has 17 heavy (non-hydrogen) atoms. The summed E-state index contributed by atoms with van der Waals surface area (Å²) in [5, 5.41) is 1.03. The van der Waals surface area contributed by atoms with Gasteiger partial charge in [0.05, 0.1) is 6.61 Å². The molecule has 0 aliphatic carbocycles. The van der Waals surface area contributed by atoms with Gasteiger partial charge in [0.1, 0.15) is 0 Å². The first-order valence-electron chi connectivity index (χ1n) is 5.95. The topological polar surface area (TPSA) is 42.1 Å². The van der Waals surface area contributed by atoms with Crippen LogP contribution in [0.4, 0.5) is 0 Å². The van der Waals surface area contributed by atoms with Crippen molar-refractivity contribution in [1.82, 2.24) is 4.98 Å². The summed E-state index contributed by atoms with van der Waals surface area (Å²) in [5.41, 5.74) is 3.01. The zero-order chi connectivity index (χ0) is 11.8. The first-order chi connectivity index (χ1) is 8.25. The Morgan fingerprint density at radius 3 is 3.12 bits per heavy atom. The summed E-state index contributed by atoms with van der Waals surface area (Å²) >= 11 is 0. The van der Waals surface area contributed by atoms with Gasteiger partial charge in [-0.2, -0.15) is 0 Å². The molecule has 0 saturated carbocycles. The molecule has 1 aromatic carbocycles. The predicted octanol–water partition coefficient (Wildman–Crippen LogP) is 2.70. The van der Waals surface area contributed by atoms with E-state index in [1.807, 2.05) is 25.3 Å². The van der Waals surface area contributed by atoms with E-state index < -0.39 is 0 Å². The minimum atomic E-state index is 0.0366. The Balaban J connectivity index is 2.04. The molecule has 1 N–H and O–H groups in total. The zero-order valence-electron chi connectivity index (χ0n) is 9.82. The quantitative estimate of drug-likeness (QED) is 0.804. The number of rotatable bonds is 2. The molecular weight excluding hydrogens is 214 g/mol. The van der Waals surface area contributed by atoms with Crippen LogP contribution in [0.1, 0.15) is 22.3 Å². The summed E-state index contributed by atoms with van der Waals surface area (Å²) in [6.07, 6.45) is 2.67. The number of hydrogen-bond donors (Lipinski definition) is 1. The third kappa shape index (κ3) is 1.76. The molecule has 0 radical (unpaired) electrons. The first-order valence-corrected chi connectivity index (χ1v) is 5.95. The number of Topliss-reactive ketones (excluding diaryl/α,β-unsaturated/α-hetero) is 1. The van der Waals surface area contributed by atoms with Gasteiger partial charge in [0.15, 0.2) is 5.78 Å². The van der Waals surface area contributed by atoms with Gasteiger partial charge >= 0.3 is 0 Å². The van der Waals surface area contributed by atoms with Gasteiger partial charge in [-0.15, -0.1) is 0 Å². The third-order valence-corrected chi connectivity index (χ3v) is 3.40. The second-order valence-electron chi connectivity index (χ2n) is 4.68. The summed E-state index contributed by atoms with van der Waals surface area (Å²) < 4.78 is 5.28. The number of hydrogen-bond acceptors (Lipinski definition) is 2. The number of benzene rings is 1. The summed E-state index contributed by atoms with van der Waals surface area (Å²) in [6, 6.07) is 6.13. The number of carbonyl (C=O) groups is 1. The summed E-state index contributed by atoms with van der Waals surface area (Å²) in [4.78, 5) is 15.5. The normalized spacial score (nSPS) is 19.9. The van der Waals surface area contributed by atoms with Gasteiger partial charge in [-0.25, -0.2) is 0 Å². The van der Waals surface area contributed by atoms with Crippen LogP contribution in [0.3, 0.4) is 0 Å². The Morgan fingerprint density at radius 2 is 2.35 bits per heavy atom. The average molecular weight is 229 g/mol. The van der Waals surface area contributed by atoms with Crippen LogP contribution in [0.15, 0.2) is 24.4 Å². The smallest absolute Gasteiger partial charge is 0.170 e. The van der Waals surface area contributed by atoms with Crippen molar-refractivity contribution in [2.45, 2.75) is 13.3 Å². The molecule has 3 rings (SSSR count). The molecule has 1 aliphatic heterocycles. The van der Waals surface area contributed by atoms with E-state index in [9.17, 15) is 4.79 Å². The van der Waals surface area contributed by atoms with Gasteiger partial charge in [0, 0.05) is 35.2 Å². The highest BCUT2D eigenvalue weighted by molar-refractivity contribution is 6.09. The predicted molar refractivity (Wildman–Crippen MR) is 66.3 cm³/mol. The van der Waals surface area contributed by atoms with E-state index >= 15 is 0 Å². The van der Waals surface area contributed by atoms with Crippen molar-refractivity contribution in [2.24, 2.45) is 5.92 Å². The van der Waals surface area contributed by atoms with Crippen molar-refractivity contribution < 1.29 is 9.53 Å². The van der Waals surface area contributed by atoms with Crippen LogP contribution >= 0.6 is 0 Å². The van der Waals surface area contributed by atoms with Crippen LogP contribution in [0.25, 0.3) is 10.9 Å². The van der Waals surface area contributed by atoms with Crippen LogP contribution in [-0.2, 0) is 4.74 Å². The fourth-order valence-corrected chi connectivity index (χ4v) is 2.40. The number of ketones is 1. The second kappa shape index (κ2) is 4.00. The molecule has 1 aliphatic rings. The molecule has 2 aromatic rings. The lowest BCUT2D eigenvalue weighted by atomic mass is 9.96. The first kappa shape index (κ1) is 10.5. The number of aromatic amines is 1. The molecule has 3 heteroatoms. The van der Waals surface area contributed by atoms with Crippen molar-refractivity contribution in [3.63, 3.8) is 0 Å².